The van der Waals surface area contributed by atoms with E-state index in [0.29, 0.717) is 59.2 Å². The summed E-state index contributed by atoms with van der Waals surface area (Å²) in [6, 6.07) is 5.56. The van der Waals surface area contributed by atoms with E-state index in [2.05, 4.69) is 31.6 Å². The summed E-state index contributed by atoms with van der Waals surface area (Å²) in [5.41, 5.74) is 7.73. The highest BCUT2D eigenvalue weighted by molar-refractivity contribution is 9.10. The van der Waals surface area contributed by atoms with Crippen molar-refractivity contribution in [3.63, 3.8) is 0 Å². The third-order valence-electron chi connectivity index (χ3n) is 6.36. The molecular weight excluding hydrogens is 497 g/mol. The maximum Gasteiger partial charge on any atom is 0.428 e. The van der Waals surface area contributed by atoms with Gasteiger partial charge in [-0.3, -0.25) is 9.48 Å². The second-order valence-electron chi connectivity index (χ2n) is 8.84. The van der Waals surface area contributed by atoms with E-state index >= 15 is 0 Å². The summed E-state index contributed by atoms with van der Waals surface area (Å²) in [4.78, 5) is 23.8. The van der Waals surface area contributed by atoms with Gasteiger partial charge in [0.15, 0.2) is 5.60 Å². The lowest BCUT2D eigenvalue weighted by Gasteiger charge is -2.45. The molecule has 2 aliphatic rings. The fourth-order valence-electron chi connectivity index (χ4n) is 4.77. The second-order valence-corrected chi connectivity index (χ2v) is 9.69. The average molecular weight is 522 g/mol. The summed E-state index contributed by atoms with van der Waals surface area (Å²) in [6.45, 7) is 3.64. The summed E-state index contributed by atoms with van der Waals surface area (Å²) < 4.78 is 21.4. The van der Waals surface area contributed by atoms with Crippen molar-refractivity contribution >= 4 is 33.6 Å². The monoisotopic (exact) mass is 521 g/mol. The van der Waals surface area contributed by atoms with Crippen molar-refractivity contribution in [2.75, 3.05) is 0 Å². The van der Waals surface area contributed by atoms with Crippen LogP contribution in [-0.4, -0.2) is 43.8 Å². The van der Waals surface area contributed by atoms with Gasteiger partial charge >= 0.3 is 6.09 Å². The molecule has 1 aromatic heterocycles. The Balaban J connectivity index is 1.56. The van der Waals surface area contributed by atoms with Crippen molar-refractivity contribution in [3.8, 4) is 0 Å². The molecule has 0 saturated heterocycles. The van der Waals surface area contributed by atoms with Crippen molar-refractivity contribution in [1.82, 2.24) is 15.2 Å². The zero-order valence-corrected chi connectivity index (χ0v) is 19.9. The Kier molecular flexibility index (Phi) is 6.04. The molecule has 1 aliphatic heterocycles. The van der Waals surface area contributed by atoms with E-state index in [0.717, 1.165) is 0 Å². The Bertz CT molecular complexity index is 1140. The molecule has 1 spiro atoms. The number of aryl methyl sites for hydroxylation is 1. The molecule has 4 N–H and O–H groups in total. The van der Waals surface area contributed by atoms with Gasteiger partial charge in [0, 0.05) is 10.0 Å². The van der Waals surface area contributed by atoms with Gasteiger partial charge < -0.3 is 15.6 Å². The highest BCUT2D eigenvalue weighted by Gasteiger charge is 2.50. The summed E-state index contributed by atoms with van der Waals surface area (Å²) in [6.07, 6.45) is 0.973. The van der Waals surface area contributed by atoms with Crippen LogP contribution in [0.1, 0.15) is 66.8 Å². The number of hydrogen-bond donors (Lipinski definition) is 3. The predicted octanol–water partition coefficient (Wildman–Crippen LogP) is 3.33. The first kappa shape index (κ1) is 23.4. The number of carbonyl (C=O) groups excluding carboxylic acids is 2. The Hall–Kier alpha value is -2.79. The van der Waals surface area contributed by atoms with Crippen LogP contribution in [-0.2, 0) is 4.74 Å². The van der Waals surface area contributed by atoms with Crippen molar-refractivity contribution in [1.29, 1.82) is 0 Å². The molecule has 2 amide bonds. The lowest BCUT2D eigenvalue weighted by Crippen LogP contribution is -2.55. The quantitative estimate of drug-likeness (QED) is 0.555. The molecule has 1 aliphatic carbocycles. The third-order valence-corrected chi connectivity index (χ3v) is 7.01. The summed E-state index contributed by atoms with van der Waals surface area (Å²) in [5, 5.41) is 19.9. The molecule has 2 heterocycles. The van der Waals surface area contributed by atoms with Gasteiger partial charge in [0.25, 0.3) is 5.91 Å². The van der Waals surface area contributed by atoms with E-state index in [4.69, 9.17) is 10.5 Å². The highest BCUT2D eigenvalue weighted by atomic mass is 79.9. The fraction of sp³-hybridized carbons (Fsp3) is 0.455. The van der Waals surface area contributed by atoms with Crippen molar-refractivity contribution in [2.45, 2.75) is 63.2 Å². The van der Waals surface area contributed by atoms with Gasteiger partial charge in [0.05, 0.1) is 17.3 Å². The molecule has 4 rings (SSSR count). The van der Waals surface area contributed by atoms with Crippen LogP contribution >= 0.6 is 15.9 Å². The Labute approximate surface area is 198 Å². The zero-order valence-electron chi connectivity index (χ0n) is 18.3. The largest absolute Gasteiger partial charge is 0.435 e. The van der Waals surface area contributed by atoms with Crippen LogP contribution in [0.15, 0.2) is 33.8 Å². The van der Waals surface area contributed by atoms with E-state index in [1.54, 1.807) is 23.7 Å². The lowest BCUT2D eigenvalue weighted by atomic mass is 9.70. The van der Waals surface area contributed by atoms with Crippen molar-refractivity contribution < 1.29 is 23.8 Å². The molecule has 9 nitrogen and oxygen atoms in total. The van der Waals surface area contributed by atoms with Crippen molar-refractivity contribution in [3.05, 3.63) is 51.5 Å². The van der Waals surface area contributed by atoms with Gasteiger partial charge in [-0.15, -0.1) is 0 Å². The van der Waals surface area contributed by atoms with Gasteiger partial charge in [-0.1, -0.05) is 15.9 Å². The normalized spacial score (nSPS) is 25.8. The number of benzene rings is 1. The highest BCUT2D eigenvalue weighted by Crippen LogP contribution is 2.44. The number of nitrogens with two attached hydrogens (primary N) is 1. The van der Waals surface area contributed by atoms with Gasteiger partial charge in [-0.2, -0.15) is 10.2 Å². The standard InChI is InChI=1S/C22H25BrFN5O4/c1-12-9-17(19(25)30)29(28-12)13(2)11-21(32)5-7-22(8-6-21)18(26-27-20(31)33-22)15-4-3-14(24)10-16(15)23/h3-4,9-10,13,32H,5-8,11H2,1-2H3,(H2,25,30)(H,27,31)/t13-,21?,22?/m0/s1. The molecule has 1 fully saturated rings. The molecule has 33 heavy (non-hydrogen) atoms. The number of ether oxygens (including phenoxy) is 1. The first-order chi connectivity index (χ1) is 15.5. The fourth-order valence-corrected chi connectivity index (χ4v) is 5.31. The Morgan fingerprint density at radius 1 is 1.36 bits per heavy atom. The summed E-state index contributed by atoms with van der Waals surface area (Å²) >= 11 is 3.36. The van der Waals surface area contributed by atoms with E-state index in [9.17, 15) is 19.1 Å². The number of halogens is 2. The molecular formula is C22H25BrFN5O4. The van der Waals surface area contributed by atoms with Gasteiger partial charge in [-0.25, -0.2) is 14.6 Å². The number of nitrogens with one attached hydrogen (secondary N) is 1. The predicted molar refractivity (Wildman–Crippen MR) is 121 cm³/mol. The maximum atomic E-state index is 13.6. The molecule has 1 saturated carbocycles. The number of hydrazone groups is 1. The number of amides is 2. The Morgan fingerprint density at radius 2 is 2.06 bits per heavy atom. The van der Waals surface area contributed by atoms with E-state index < -0.39 is 29.0 Å². The number of nitrogens with zero attached hydrogens (tertiary/aromatic N) is 3. The molecule has 11 heteroatoms. The van der Waals surface area contributed by atoms with Crippen molar-refractivity contribution in [2.24, 2.45) is 10.8 Å². The minimum Gasteiger partial charge on any atom is -0.435 e. The van der Waals surface area contributed by atoms with Crippen LogP contribution in [0.25, 0.3) is 0 Å². The first-order valence-electron chi connectivity index (χ1n) is 10.6. The van der Waals surface area contributed by atoms with Crippen LogP contribution in [0, 0.1) is 12.7 Å². The number of carbonyl (C=O) groups is 2. The van der Waals surface area contributed by atoms with Crippen LogP contribution in [0.5, 0.6) is 0 Å². The number of rotatable bonds is 5. The van der Waals surface area contributed by atoms with E-state index in [1.807, 2.05) is 6.92 Å². The zero-order chi connectivity index (χ0) is 24.0. The number of hydrogen-bond acceptors (Lipinski definition) is 6. The number of primary amides is 1. The van der Waals surface area contributed by atoms with Crippen LogP contribution in [0.4, 0.5) is 9.18 Å². The average Bonchev–Trinajstić information content (AvgIpc) is 3.14. The summed E-state index contributed by atoms with van der Waals surface area (Å²) in [5.74, 6) is -0.985. The van der Waals surface area contributed by atoms with Crippen LogP contribution in [0.2, 0.25) is 0 Å². The molecule has 176 valence electrons. The molecule has 0 bridgehead atoms. The molecule has 1 atom stereocenters. The van der Waals surface area contributed by atoms with Crippen LogP contribution < -0.4 is 11.2 Å². The molecule has 1 aromatic carbocycles. The van der Waals surface area contributed by atoms with Crippen LogP contribution in [0.3, 0.4) is 0 Å². The van der Waals surface area contributed by atoms with Gasteiger partial charge in [0.1, 0.15) is 17.2 Å². The molecule has 2 aromatic rings. The smallest absolute Gasteiger partial charge is 0.428 e. The number of aromatic nitrogens is 2. The van der Waals surface area contributed by atoms with Gasteiger partial charge in [0.2, 0.25) is 0 Å². The van der Waals surface area contributed by atoms with Gasteiger partial charge in [-0.05, 0) is 70.2 Å². The Morgan fingerprint density at radius 3 is 2.70 bits per heavy atom. The summed E-state index contributed by atoms with van der Waals surface area (Å²) in [7, 11) is 0. The topological polar surface area (TPSA) is 132 Å². The minimum absolute atomic E-state index is 0.282. The second kappa shape index (κ2) is 8.53. The lowest BCUT2D eigenvalue weighted by molar-refractivity contribution is -0.0690. The third kappa shape index (κ3) is 4.51. The molecule has 0 unspecified atom stereocenters. The minimum atomic E-state index is -1.07. The molecule has 0 radical (unpaired) electrons. The van der Waals surface area contributed by atoms with E-state index in [-0.39, 0.29) is 6.04 Å². The maximum absolute atomic E-state index is 13.6. The first-order valence-corrected chi connectivity index (χ1v) is 11.4. The SMILES string of the molecule is Cc1cc(C(N)=O)n([C@@H](C)CC2(O)CCC3(CC2)OC(=O)NN=C3c2ccc(F)cc2Br)n1. The van der Waals surface area contributed by atoms with E-state index in [1.165, 1.54) is 12.1 Å². The number of aliphatic hydroxyl groups is 1.